The van der Waals surface area contributed by atoms with Crippen LogP contribution in [0.3, 0.4) is 0 Å². The van der Waals surface area contributed by atoms with Crippen LogP contribution in [0.15, 0.2) is 0 Å². The Morgan fingerprint density at radius 2 is 1.93 bits per heavy atom. The summed E-state index contributed by atoms with van der Waals surface area (Å²) < 4.78 is 0. The molecular weight excluding hydrogens is 190 g/mol. The summed E-state index contributed by atoms with van der Waals surface area (Å²) in [6.07, 6.45) is 2.80. The van der Waals surface area contributed by atoms with Crippen molar-refractivity contribution in [3.8, 4) is 0 Å². The molecule has 84 valence electrons. The van der Waals surface area contributed by atoms with E-state index in [2.05, 4.69) is 33.0 Å². The average molecular weight is 215 g/mol. The zero-order chi connectivity index (χ0) is 10.6. The van der Waals surface area contributed by atoms with Gasteiger partial charge in [-0.25, -0.2) is 0 Å². The lowest BCUT2D eigenvalue weighted by atomic mass is 9.73. The number of nitrogens with one attached hydrogen (secondary N) is 1. The Morgan fingerprint density at radius 1 is 1.29 bits per heavy atom. The van der Waals surface area contributed by atoms with E-state index in [1.54, 1.807) is 0 Å². The summed E-state index contributed by atoms with van der Waals surface area (Å²) in [6.45, 7) is 9.23. The molecule has 0 aliphatic heterocycles. The van der Waals surface area contributed by atoms with Gasteiger partial charge >= 0.3 is 0 Å². The molecule has 0 bridgehead atoms. The van der Waals surface area contributed by atoms with Gasteiger partial charge in [-0.3, -0.25) is 0 Å². The average Bonchev–Trinajstić information content (AvgIpc) is 2.06. The van der Waals surface area contributed by atoms with Gasteiger partial charge in [0.15, 0.2) is 0 Å². The molecule has 1 atom stereocenters. The molecule has 0 aromatic heterocycles. The molecule has 1 rings (SSSR count). The van der Waals surface area contributed by atoms with Crippen LogP contribution >= 0.6 is 11.8 Å². The first-order valence-electron chi connectivity index (χ1n) is 5.97. The summed E-state index contributed by atoms with van der Waals surface area (Å²) in [5, 5.41) is 3.72. The van der Waals surface area contributed by atoms with Crippen molar-refractivity contribution in [1.82, 2.24) is 5.32 Å². The number of hydrogen-bond donors (Lipinski definition) is 1. The van der Waals surface area contributed by atoms with E-state index in [9.17, 15) is 0 Å². The SMILES string of the molecule is CCSCC(C)NC1CC(C(C)C)C1. The molecule has 1 nitrogen and oxygen atoms in total. The molecule has 1 aliphatic carbocycles. The van der Waals surface area contributed by atoms with Crippen LogP contribution < -0.4 is 5.32 Å². The summed E-state index contributed by atoms with van der Waals surface area (Å²) in [5.41, 5.74) is 0. The lowest BCUT2D eigenvalue weighted by Gasteiger charge is -2.40. The molecule has 0 aromatic rings. The molecule has 1 aliphatic rings. The van der Waals surface area contributed by atoms with Gasteiger partial charge in [0.2, 0.25) is 0 Å². The number of thioether (sulfide) groups is 1. The predicted octanol–water partition coefficient (Wildman–Crippen LogP) is 3.15. The van der Waals surface area contributed by atoms with Gasteiger partial charge in [-0.2, -0.15) is 11.8 Å². The molecule has 0 amide bonds. The predicted molar refractivity (Wildman–Crippen MR) is 66.9 cm³/mol. The van der Waals surface area contributed by atoms with Crippen molar-refractivity contribution in [3.63, 3.8) is 0 Å². The van der Waals surface area contributed by atoms with Crippen molar-refractivity contribution in [2.24, 2.45) is 11.8 Å². The lowest BCUT2D eigenvalue weighted by Crippen LogP contribution is -2.47. The Bertz CT molecular complexity index is 152. The van der Waals surface area contributed by atoms with Crippen LogP contribution in [-0.2, 0) is 0 Å². The quantitative estimate of drug-likeness (QED) is 0.730. The van der Waals surface area contributed by atoms with Crippen LogP contribution in [0.5, 0.6) is 0 Å². The second-order valence-corrected chi connectivity index (χ2v) is 6.22. The molecule has 1 N–H and O–H groups in total. The third-order valence-corrected chi connectivity index (χ3v) is 4.35. The molecule has 14 heavy (non-hydrogen) atoms. The van der Waals surface area contributed by atoms with Gasteiger partial charge in [-0.15, -0.1) is 0 Å². The van der Waals surface area contributed by atoms with E-state index >= 15 is 0 Å². The lowest BCUT2D eigenvalue weighted by molar-refractivity contribution is 0.162. The van der Waals surface area contributed by atoms with Gasteiger partial charge in [-0.05, 0) is 37.4 Å². The Balaban J connectivity index is 2.04. The van der Waals surface area contributed by atoms with Gasteiger partial charge in [0.1, 0.15) is 0 Å². The fraction of sp³-hybridized carbons (Fsp3) is 1.00. The molecule has 1 saturated carbocycles. The van der Waals surface area contributed by atoms with Gasteiger partial charge in [0.25, 0.3) is 0 Å². The number of hydrogen-bond acceptors (Lipinski definition) is 2. The third kappa shape index (κ3) is 3.82. The Hall–Kier alpha value is 0.310. The Labute approximate surface area is 93.4 Å². The Kier molecular flexibility index (Phi) is 5.32. The maximum absolute atomic E-state index is 3.72. The fourth-order valence-corrected chi connectivity index (χ4v) is 2.77. The second kappa shape index (κ2) is 6.02. The molecule has 0 saturated heterocycles. The minimum Gasteiger partial charge on any atom is -0.311 e. The molecule has 2 heteroatoms. The van der Waals surface area contributed by atoms with E-state index in [1.165, 1.54) is 24.3 Å². The van der Waals surface area contributed by atoms with Crippen molar-refractivity contribution >= 4 is 11.8 Å². The van der Waals surface area contributed by atoms with E-state index in [1.807, 2.05) is 11.8 Å². The zero-order valence-electron chi connectivity index (χ0n) is 10.0. The zero-order valence-corrected chi connectivity index (χ0v) is 10.9. The summed E-state index contributed by atoms with van der Waals surface area (Å²) in [7, 11) is 0. The second-order valence-electron chi connectivity index (χ2n) is 4.90. The topological polar surface area (TPSA) is 12.0 Å². The third-order valence-electron chi connectivity index (χ3n) is 3.21. The summed E-state index contributed by atoms with van der Waals surface area (Å²) in [6, 6.07) is 1.51. The van der Waals surface area contributed by atoms with Crippen LogP contribution in [0.4, 0.5) is 0 Å². The summed E-state index contributed by atoms with van der Waals surface area (Å²) in [4.78, 5) is 0. The van der Waals surface area contributed by atoms with Crippen molar-refractivity contribution < 1.29 is 0 Å². The van der Waals surface area contributed by atoms with E-state index in [4.69, 9.17) is 0 Å². The van der Waals surface area contributed by atoms with Crippen LogP contribution in [0.2, 0.25) is 0 Å². The molecule has 0 aromatic carbocycles. The van der Waals surface area contributed by atoms with Gasteiger partial charge in [0, 0.05) is 17.8 Å². The Morgan fingerprint density at radius 3 is 2.43 bits per heavy atom. The van der Waals surface area contributed by atoms with Crippen LogP contribution in [0, 0.1) is 11.8 Å². The maximum Gasteiger partial charge on any atom is 0.0132 e. The van der Waals surface area contributed by atoms with E-state index < -0.39 is 0 Å². The molecule has 1 fully saturated rings. The number of rotatable bonds is 6. The van der Waals surface area contributed by atoms with Crippen LogP contribution in [0.25, 0.3) is 0 Å². The molecule has 0 radical (unpaired) electrons. The fourth-order valence-electron chi connectivity index (χ4n) is 2.09. The van der Waals surface area contributed by atoms with Crippen LogP contribution in [0.1, 0.15) is 40.5 Å². The van der Waals surface area contributed by atoms with Crippen molar-refractivity contribution in [1.29, 1.82) is 0 Å². The summed E-state index contributed by atoms with van der Waals surface area (Å²) in [5.74, 6) is 4.37. The highest BCUT2D eigenvalue weighted by Gasteiger charge is 2.31. The molecule has 0 spiro atoms. The standard InChI is InChI=1S/C12H25NS/c1-5-14-8-10(4)13-12-6-11(7-12)9(2)3/h9-13H,5-8H2,1-4H3. The van der Waals surface area contributed by atoms with Gasteiger partial charge in [0.05, 0.1) is 0 Å². The first-order chi connectivity index (χ1) is 6.63. The monoisotopic (exact) mass is 215 g/mol. The molecule has 0 heterocycles. The highest BCUT2D eigenvalue weighted by Crippen LogP contribution is 2.33. The maximum atomic E-state index is 3.72. The van der Waals surface area contributed by atoms with Crippen LogP contribution in [-0.4, -0.2) is 23.6 Å². The smallest absolute Gasteiger partial charge is 0.0132 e. The van der Waals surface area contributed by atoms with Crippen molar-refractivity contribution in [3.05, 3.63) is 0 Å². The first kappa shape index (κ1) is 12.4. The summed E-state index contributed by atoms with van der Waals surface area (Å²) >= 11 is 2.04. The van der Waals surface area contributed by atoms with Gasteiger partial charge < -0.3 is 5.32 Å². The highest BCUT2D eigenvalue weighted by atomic mass is 32.2. The first-order valence-corrected chi connectivity index (χ1v) is 7.12. The highest BCUT2D eigenvalue weighted by molar-refractivity contribution is 7.99. The van der Waals surface area contributed by atoms with E-state index in [-0.39, 0.29) is 0 Å². The van der Waals surface area contributed by atoms with Gasteiger partial charge in [-0.1, -0.05) is 20.8 Å². The largest absolute Gasteiger partial charge is 0.311 e. The van der Waals surface area contributed by atoms with E-state index in [0.717, 1.165) is 17.9 Å². The molecule has 1 unspecified atom stereocenters. The van der Waals surface area contributed by atoms with Crippen molar-refractivity contribution in [2.75, 3.05) is 11.5 Å². The minimum atomic E-state index is 0.693. The minimum absolute atomic E-state index is 0.693. The molecular formula is C12H25NS. The van der Waals surface area contributed by atoms with E-state index in [0.29, 0.717) is 6.04 Å². The normalized spacial score (nSPS) is 28.9. The van der Waals surface area contributed by atoms with Crippen molar-refractivity contribution in [2.45, 2.75) is 52.6 Å².